The van der Waals surface area contributed by atoms with Gasteiger partial charge in [-0.05, 0) is 39.0 Å². The van der Waals surface area contributed by atoms with Gasteiger partial charge in [-0.25, -0.2) is 0 Å². The maximum Gasteiger partial charge on any atom is 0.0674 e. The van der Waals surface area contributed by atoms with E-state index in [4.69, 9.17) is 4.74 Å². The van der Waals surface area contributed by atoms with Crippen molar-refractivity contribution < 1.29 is 4.74 Å². The third kappa shape index (κ3) is 2.87. The molecule has 0 spiro atoms. The van der Waals surface area contributed by atoms with Crippen molar-refractivity contribution in [1.82, 2.24) is 4.90 Å². The topological polar surface area (TPSA) is 36.3 Å². The summed E-state index contributed by atoms with van der Waals surface area (Å²) in [6, 6.07) is 3.46. The molecule has 5 unspecified atom stereocenters. The van der Waals surface area contributed by atoms with E-state index in [2.05, 4.69) is 31.7 Å². The number of hydrogen-bond donors (Lipinski definition) is 0. The predicted octanol–water partition coefficient (Wildman–Crippen LogP) is 2.81. The van der Waals surface area contributed by atoms with Crippen molar-refractivity contribution in [2.75, 3.05) is 13.2 Å². The van der Waals surface area contributed by atoms with Crippen LogP contribution >= 0.6 is 0 Å². The first-order chi connectivity index (χ1) is 8.65. The lowest BCUT2D eigenvalue weighted by Gasteiger charge is -2.46. The minimum absolute atomic E-state index is 0.223. The second-order valence-corrected chi connectivity index (χ2v) is 6.08. The Morgan fingerprint density at radius 3 is 2.78 bits per heavy atom. The molecule has 3 nitrogen and oxygen atoms in total. The van der Waals surface area contributed by atoms with E-state index in [1.54, 1.807) is 0 Å². The second-order valence-electron chi connectivity index (χ2n) is 6.08. The van der Waals surface area contributed by atoms with Crippen molar-refractivity contribution in [1.29, 1.82) is 5.26 Å². The highest BCUT2D eigenvalue weighted by atomic mass is 16.5. The number of rotatable bonds is 2. The summed E-state index contributed by atoms with van der Waals surface area (Å²) in [5, 5.41) is 9.40. The standard InChI is InChI=1S/C15H26N2O/c1-4-13-5-6-14(8-16)15(7-13)17-9-12(3)18-10-11(17)2/h11-15H,4-7,9-10H2,1-3H3. The lowest BCUT2D eigenvalue weighted by atomic mass is 9.76. The first-order valence-corrected chi connectivity index (χ1v) is 7.42. The molecule has 0 amide bonds. The van der Waals surface area contributed by atoms with Gasteiger partial charge < -0.3 is 4.74 Å². The third-order valence-corrected chi connectivity index (χ3v) is 4.75. The highest BCUT2D eigenvalue weighted by Crippen LogP contribution is 2.35. The van der Waals surface area contributed by atoms with Gasteiger partial charge in [0.05, 0.1) is 24.7 Å². The van der Waals surface area contributed by atoms with Crippen molar-refractivity contribution >= 4 is 0 Å². The Hall–Kier alpha value is -0.590. The molecule has 0 aromatic carbocycles. The van der Waals surface area contributed by atoms with E-state index in [0.717, 1.165) is 25.5 Å². The molecular formula is C15H26N2O. The van der Waals surface area contributed by atoms with Gasteiger partial charge in [-0.2, -0.15) is 5.26 Å². The van der Waals surface area contributed by atoms with E-state index in [0.29, 0.717) is 18.2 Å². The zero-order valence-corrected chi connectivity index (χ0v) is 11.9. The zero-order chi connectivity index (χ0) is 13.1. The first kappa shape index (κ1) is 13.8. The van der Waals surface area contributed by atoms with Crippen LogP contribution in [0.5, 0.6) is 0 Å². The Kier molecular flexibility index (Phi) is 4.64. The van der Waals surface area contributed by atoms with Gasteiger partial charge in [0.1, 0.15) is 0 Å². The van der Waals surface area contributed by atoms with Crippen LogP contribution in [0.1, 0.15) is 46.5 Å². The Balaban J connectivity index is 2.09. The van der Waals surface area contributed by atoms with Gasteiger partial charge in [0, 0.05) is 18.6 Å². The average Bonchev–Trinajstić information content (AvgIpc) is 2.40. The summed E-state index contributed by atoms with van der Waals surface area (Å²) in [6.07, 6.45) is 5.08. The third-order valence-electron chi connectivity index (χ3n) is 4.75. The van der Waals surface area contributed by atoms with Crippen LogP contribution in [-0.2, 0) is 4.74 Å². The minimum Gasteiger partial charge on any atom is -0.376 e. The van der Waals surface area contributed by atoms with Gasteiger partial charge in [0.2, 0.25) is 0 Å². The molecule has 5 atom stereocenters. The van der Waals surface area contributed by atoms with Crippen LogP contribution in [0.2, 0.25) is 0 Å². The van der Waals surface area contributed by atoms with Gasteiger partial charge in [0.15, 0.2) is 0 Å². The number of ether oxygens (including phenoxy) is 1. The van der Waals surface area contributed by atoms with E-state index in [1.807, 2.05) is 0 Å². The summed E-state index contributed by atoms with van der Waals surface area (Å²) < 4.78 is 5.71. The second kappa shape index (κ2) is 6.04. The summed E-state index contributed by atoms with van der Waals surface area (Å²) in [5.74, 6) is 1.03. The van der Waals surface area contributed by atoms with Crippen molar-refractivity contribution in [2.24, 2.45) is 11.8 Å². The quantitative estimate of drug-likeness (QED) is 0.756. The monoisotopic (exact) mass is 250 g/mol. The van der Waals surface area contributed by atoms with E-state index in [-0.39, 0.29) is 5.92 Å². The van der Waals surface area contributed by atoms with Crippen LogP contribution in [0.3, 0.4) is 0 Å². The maximum atomic E-state index is 9.40. The van der Waals surface area contributed by atoms with Gasteiger partial charge >= 0.3 is 0 Å². The molecule has 1 heterocycles. The average molecular weight is 250 g/mol. The minimum atomic E-state index is 0.223. The van der Waals surface area contributed by atoms with Gasteiger partial charge in [-0.15, -0.1) is 0 Å². The van der Waals surface area contributed by atoms with E-state index in [9.17, 15) is 5.26 Å². The molecule has 102 valence electrons. The summed E-state index contributed by atoms with van der Waals surface area (Å²) in [4.78, 5) is 2.55. The van der Waals surface area contributed by atoms with Gasteiger partial charge in [-0.1, -0.05) is 13.3 Å². The number of hydrogen-bond acceptors (Lipinski definition) is 3. The van der Waals surface area contributed by atoms with Crippen LogP contribution < -0.4 is 0 Å². The Morgan fingerprint density at radius 2 is 2.11 bits per heavy atom. The molecule has 1 aliphatic heterocycles. The summed E-state index contributed by atoms with van der Waals surface area (Å²) in [5.41, 5.74) is 0. The molecule has 2 aliphatic rings. The number of nitrogens with zero attached hydrogens (tertiary/aromatic N) is 2. The zero-order valence-electron chi connectivity index (χ0n) is 11.9. The fourth-order valence-corrected chi connectivity index (χ4v) is 3.51. The Morgan fingerprint density at radius 1 is 1.33 bits per heavy atom. The molecule has 0 N–H and O–H groups in total. The van der Waals surface area contributed by atoms with Gasteiger partial charge in [0.25, 0.3) is 0 Å². The van der Waals surface area contributed by atoms with Crippen LogP contribution in [0.15, 0.2) is 0 Å². The molecule has 0 aromatic rings. The molecule has 3 heteroatoms. The highest BCUT2D eigenvalue weighted by molar-refractivity contribution is 4.99. The van der Waals surface area contributed by atoms with Crippen molar-refractivity contribution in [3.8, 4) is 6.07 Å². The van der Waals surface area contributed by atoms with Gasteiger partial charge in [-0.3, -0.25) is 4.90 Å². The summed E-state index contributed by atoms with van der Waals surface area (Å²) >= 11 is 0. The van der Waals surface area contributed by atoms with Crippen molar-refractivity contribution in [2.45, 2.75) is 64.6 Å². The highest BCUT2D eigenvalue weighted by Gasteiger charge is 2.38. The van der Waals surface area contributed by atoms with Crippen molar-refractivity contribution in [3.63, 3.8) is 0 Å². The lowest BCUT2D eigenvalue weighted by molar-refractivity contribution is -0.0803. The smallest absolute Gasteiger partial charge is 0.0674 e. The maximum absolute atomic E-state index is 9.40. The molecule has 18 heavy (non-hydrogen) atoms. The fourth-order valence-electron chi connectivity index (χ4n) is 3.51. The lowest BCUT2D eigenvalue weighted by Crippen LogP contribution is -2.55. The summed E-state index contributed by atoms with van der Waals surface area (Å²) in [7, 11) is 0. The van der Waals surface area contributed by atoms with Crippen molar-refractivity contribution in [3.05, 3.63) is 0 Å². The Bertz CT molecular complexity index is 312. The molecule has 0 radical (unpaired) electrons. The molecule has 1 saturated heterocycles. The summed E-state index contributed by atoms with van der Waals surface area (Å²) in [6.45, 7) is 8.45. The molecule has 0 aromatic heterocycles. The van der Waals surface area contributed by atoms with Crippen LogP contribution in [-0.4, -0.2) is 36.2 Å². The largest absolute Gasteiger partial charge is 0.376 e. The molecule has 1 saturated carbocycles. The van der Waals surface area contributed by atoms with Crippen LogP contribution in [0, 0.1) is 23.2 Å². The predicted molar refractivity (Wildman–Crippen MR) is 72.1 cm³/mol. The molecule has 2 fully saturated rings. The fraction of sp³-hybridized carbons (Fsp3) is 0.933. The van der Waals surface area contributed by atoms with Crippen LogP contribution in [0.25, 0.3) is 0 Å². The van der Waals surface area contributed by atoms with E-state index >= 15 is 0 Å². The normalized spacial score (nSPS) is 42.4. The molecular weight excluding hydrogens is 224 g/mol. The van der Waals surface area contributed by atoms with E-state index in [1.165, 1.54) is 19.3 Å². The molecule has 2 rings (SSSR count). The van der Waals surface area contributed by atoms with E-state index < -0.39 is 0 Å². The molecule has 1 aliphatic carbocycles. The number of nitriles is 1. The van der Waals surface area contributed by atoms with Crippen LogP contribution in [0.4, 0.5) is 0 Å². The SMILES string of the molecule is CCC1CCC(C#N)C(N2CC(C)OCC2C)C1. The number of morpholine rings is 1. The first-order valence-electron chi connectivity index (χ1n) is 7.42. The molecule has 0 bridgehead atoms. The Labute approximate surface area is 111 Å².